The van der Waals surface area contributed by atoms with Crippen LogP contribution in [-0.4, -0.2) is 47.1 Å². The largest absolute Gasteiger partial charge is 0.465 e. The van der Waals surface area contributed by atoms with Gasteiger partial charge >= 0.3 is 11.9 Å². The molecule has 0 fully saturated rings. The Morgan fingerprint density at radius 2 is 1.57 bits per heavy atom. The Morgan fingerprint density at radius 1 is 1.04 bits per heavy atom. The molecule has 9 heteroatoms. The molecule has 0 radical (unpaired) electrons. The van der Waals surface area contributed by atoms with Gasteiger partial charge in [-0.1, -0.05) is 5.21 Å². The zero-order valence-electron chi connectivity index (χ0n) is 12.7. The number of carbonyl (C=O) groups is 3. The van der Waals surface area contributed by atoms with Crippen molar-refractivity contribution in [2.24, 2.45) is 5.73 Å². The third-order valence-electron chi connectivity index (χ3n) is 3.13. The van der Waals surface area contributed by atoms with Crippen LogP contribution < -0.4 is 5.73 Å². The average Bonchev–Trinajstić information content (AvgIpc) is 2.94. The number of ether oxygens (including phenoxy) is 2. The molecule has 2 rings (SSSR count). The Morgan fingerprint density at radius 3 is 1.96 bits per heavy atom. The van der Waals surface area contributed by atoms with Gasteiger partial charge in [0, 0.05) is 0 Å². The lowest BCUT2D eigenvalue weighted by Gasteiger charge is -2.09. The first-order valence-corrected chi connectivity index (χ1v) is 6.43. The van der Waals surface area contributed by atoms with Crippen molar-refractivity contribution < 1.29 is 23.9 Å². The summed E-state index contributed by atoms with van der Waals surface area (Å²) in [6.45, 7) is 1.59. The maximum Gasteiger partial charge on any atom is 0.337 e. The van der Waals surface area contributed by atoms with Crippen LogP contribution in [0.1, 0.15) is 36.9 Å². The lowest BCUT2D eigenvalue weighted by atomic mass is 10.1. The number of nitrogens with two attached hydrogens (primary N) is 1. The molecular formula is C14H14N4O5. The fourth-order valence-electron chi connectivity index (χ4n) is 2.01. The first-order valence-electron chi connectivity index (χ1n) is 6.43. The molecule has 0 aliphatic rings. The predicted molar refractivity (Wildman–Crippen MR) is 77.3 cm³/mol. The third-order valence-corrected chi connectivity index (χ3v) is 3.13. The van der Waals surface area contributed by atoms with Gasteiger partial charge in [-0.25, -0.2) is 14.3 Å². The van der Waals surface area contributed by atoms with E-state index in [4.69, 9.17) is 5.73 Å². The number of amides is 1. The van der Waals surface area contributed by atoms with Crippen molar-refractivity contribution in [1.29, 1.82) is 0 Å². The summed E-state index contributed by atoms with van der Waals surface area (Å²) in [7, 11) is 2.44. The molecular weight excluding hydrogens is 304 g/mol. The smallest absolute Gasteiger partial charge is 0.337 e. The van der Waals surface area contributed by atoms with Crippen molar-refractivity contribution in [3.8, 4) is 5.69 Å². The van der Waals surface area contributed by atoms with Gasteiger partial charge in [-0.2, -0.15) is 0 Å². The fraction of sp³-hybridized carbons (Fsp3) is 0.214. The first kappa shape index (κ1) is 16.1. The normalized spacial score (nSPS) is 10.2. The van der Waals surface area contributed by atoms with E-state index in [9.17, 15) is 14.4 Å². The van der Waals surface area contributed by atoms with Crippen LogP contribution in [0.3, 0.4) is 0 Å². The van der Waals surface area contributed by atoms with Crippen LogP contribution >= 0.6 is 0 Å². The van der Waals surface area contributed by atoms with Crippen molar-refractivity contribution in [2.45, 2.75) is 6.92 Å². The first-order chi connectivity index (χ1) is 10.9. The third kappa shape index (κ3) is 3.03. The topological polar surface area (TPSA) is 126 Å². The number of methoxy groups -OCH3 is 2. The van der Waals surface area contributed by atoms with Gasteiger partial charge in [-0.3, -0.25) is 4.79 Å². The molecule has 0 bridgehead atoms. The molecule has 1 aromatic heterocycles. The van der Waals surface area contributed by atoms with E-state index in [1.165, 1.54) is 37.1 Å². The predicted octanol–water partition coefficient (Wildman–Crippen LogP) is 0.248. The van der Waals surface area contributed by atoms with Crippen molar-refractivity contribution in [3.05, 3.63) is 40.7 Å². The van der Waals surface area contributed by atoms with Crippen LogP contribution in [0, 0.1) is 6.92 Å². The van der Waals surface area contributed by atoms with E-state index >= 15 is 0 Å². The van der Waals surface area contributed by atoms with Crippen molar-refractivity contribution in [2.75, 3.05) is 14.2 Å². The molecule has 1 amide bonds. The van der Waals surface area contributed by atoms with Gasteiger partial charge in [-0.15, -0.1) is 5.10 Å². The maximum absolute atomic E-state index is 11.8. The molecule has 0 aliphatic carbocycles. The Hall–Kier alpha value is -3.23. The van der Waals surface area contributed by atoms with Crippen LogP contribution in [-0.2, 0) is 9.47 Å². The quantitative estimate of drug-likeness (QED) is 0.800. The molecule has 0 spiro atoms. The van der Waals surface area contributed by atoms with Gasteiger partial charge in [0.25, 0.3) is 5.91 Å². The summed E-state index contributed by atoms with van der Waals surface area (Å²) < 4.78 is 10.6. The summed E-state index contributed by atoms with van der Waals surface area (Å²) in [5, 5.41) is 7.51. The molecule has 9 nitrogen and oxygen atoms in total. The van der Waals surface area contributed by atoms with Crippen molar-refractivity contribution >= 4 is 17.8 Å². The van der Waals surface area contributed by atoms with E-state index in [1.54, 1.807) is 6.92 Å². The number of aromatic nitrogens is 3. The number of primary amides is 1. The second-order valence-electron chi connectivity index (χ2n) is 4.55. The maximum atomic E-state index is 11.8. The summed E-state index contributed by atoms with van der Waals surface area (Å²) >= 11 is 0. The Balaban J connectivity index is 2.64. The van der Waals surface area contributed by atoms with E-state index in [2.05, 4.69) is 19.8 Å². The van der Waals surface area contributed by atoms with Gasteiger partial charge in [0.05, 0.1) is 36.7 Å². The monoisotopic (exact) mass is 318 g/mol. The zero-order chi connectivity index (χ0) is 17.1. The Kier molecular flexibility index (Phi) is 4.39. The number of carbonyl (C=O) groups excluding carboxylic acids is 3. The molecule has 120 valence electrons. The highest BCUT2D eigenvalue weighted by molar-refractivity contribution is 5.96. The fourth-order valence-corrected chi connectivity index (χ4v) is 2.01. The minimum Gasteiger partial charge on any atom is -0.465 e. The number of hydrogen-bond donors (Lipinski definition) is 1. The standard InChI is InChI=1S/C14H14N4O5/c1-7-11(12(15)19)16-17-18(7)10-5-8(13(20)22-2)4-9(6-10)14(21)23-3/h4-6H,1-3H3,(H2,15,19). The van der Waals surface area contributed by atoms with E-state index < -0.39 is 17.8 Å². The molecule has 0 aliphatic heterocycles. The van der Waals surface area contributed by atoms with Gasteiger partial charge in [-0.05, 0) is 25.1 Å². The minimum absolute atomic E-state index is 0.00640. The number of rotatable bonds is 4. The van der Waals surface area contributed by atoms with E-state index in [1.807, 2.05) is 0 Å². The highest BCUT2D eigenvalue weighted by Gasteiger charge is 2.19. The zero-order valence-corrected chi connectivity index (χ0v) is 12.7. The highest BCUT2D eigenvalue weighted by Crippen LogP contribution is 2.18. The summed E-state index contributed by atoms with van der Waals surface area (Å²) in [4.78, 5) is 34.8. The molecule has 0 saturated heterocycles. The summed E-state index contributed by atoms with van der Waals surface area (Å²) in [6.07, 6.45) is 0. The number of esters is 2. The lowest BCUT2D eigenvalue weighted by molar-refractivity contribution is 0.0599. The van der Waals surface area contributed by atoms with Crippen LogP contribution in [0.2, 0.25) is 0 Å². The molecule has 1 aromatic carbocycles. The van der Waals surface area contributed by atoms with E-state index in [0.29, 0.717) is 11.4 Å². The molecule has 0 atom stereocenters. The molecule has 2 N–H and O–H groups in total. The van der Waals surface area contributed by atoms with E-state index in [-0.39, 0.29) is 16.8 Å². The Bertz CT molecular complexity index is 762. The lowest BCUT2D eigenvalue weighted by Crippen LogP contribution is -2.13. The van der Waals surface area contributed by atoms with E-state index in [0.717, 1.165) is 0 Å². The minimum atomic E-state index is -0.730. The van der Waals surface area contributed by atoms with Crippen molar-refractivity contribution in [1.82, 2.24) is 15.0 Å². The van der Waals surface area contributed by atoms with Crippen molar-refractivity contribution in [3.63, 3.8) is 0 Å². The number of benzene rings is 1. The van der Waals surface area contributed by atoms with Crippen LogP contribution in [0.15, 0.2) is 18.2 Å². The van der Waals surface area contributed by atoms with Crippen LogP contribution in [0.5, 0.6) is 0 Å². The average molecular weight is 318 g/mol. The molecule has 0 saturated carbocycles. The molecule has 23 heavy (non-hydrogen) atoms. The van der Waals surface area contributed by atoms with Gasteiger partial charge < -0.3 is 15.2 Å². The highest BCUT2D eigenvalue weighted by atomic mass is 16.5. The second-order valence-corrected chi connectivity index (χ2v) is 4.55. The number of hydrogen-bond acceptors (Lipinski definition) is 7. The summed E-state index contributed by atoms with van der Waals surface area (Å²) in [5.74, 6) is -2.00. The number of nitrogens with zero attached hydrogens (tertiary/aromatic N) is 3. The van der Waals surface area contributed by atoms with Gasteiger partial charge in [0.2, 0.25) is 0 Å². The van der Waals surface area contributed by atoms with Gasteiger partial charge in [0.15, 0.2) is 5.69 Å². The second kappa shape index (κ2) is 6.26. The Labute approximate surface area is 131 Å². The van der Waals surface area contributed by atoms with Crippen LogP contribution in [0.25, 0.3) is 5.69 Å². The summed E-state index contributed by atoms with van der Waals surface area (Å²) in [5.41, 5.74) is 6.16. The van der Waals surface area contributed by atoms with Gasteiger partial charge in [0.1, 0.15) is 0 Å². The molecule has 2 aromatic rings. The molecule has 0 unspecified atom stereocenters. The summed E-state index contributed by atoms with van der Waals surface area (Å²) in [6, 6.07) is 4.23. The SMILES string of the molecule is COC(=O)c1cc(C(=O)OC)cc(-n2nnc(C(N)=O)c2C)c1. The molecule has 1 heterocycles. The van der Waals surface area contributed by atoms with Crippen LogP contribution in [0.4, 0.5) is 0 Å².